The molecule has 15 heavy (non-hydrogen) atoms. The first kappa shape index (κ1) is 11.5. The van der Waals surface area contributed by atoms with Crippen LogP contribution >= 0.6 is 0 Å². The summed E-state index contributed by atoms with van der Waals surface area (Å²) in [6, 6.07) is 2.88. The van der Waals surface area contributed by atoms with Crippen molar-refractivity contribution in [3.05, 3.63) is 28.4 Å². The average molecular weight is 231 g/mol. The summed E-state index contributed by atoms with van der Waals surface area (Å²) in [5.74, 6) is -0.0793. The van der Waals surface area contributed by atoms with Crippen molar-refractivity contribution in [3.8, 4) is 0 Å². The summed E-state index contributed by atoms with van der Waals surface area (Å²) in [6.07, 6.45) is 0.620. The molecule has 0 aliphatic rings. The molecule has 0 aliphatic heterocycles. The van der Waals surface area contributed by atoms with E-state index in [4.69, 9.17) is 0 Å². The van der Waals surface area contributed by atoms with Crippen LogP contribution in [0, 0.1) is 10.1 Å². The molecule has 1 atom stereocenters. The van der Waals surface area contributed by atoms with Crippen LogP contribution in [0.15, 0.2) is 22.9 Å². The minimum absolute atomic E-state index is 0.0637. The van der Waals surface area contributed by atoms with Crippen molar-refractivity contribution in [2.24, 2.45) is 4.53 Å². The van der Waals surface area contributed by atoms with Crippen LogP contribution in [-0.2, 0) is 23.8 Å². The van der Waals surface area contributed by atoms with E-state index in [-0.39, 0.29) is 19.0 Å². The van der Waals surface area contributed by atoms with Gasteiger partial charge in [0, 0.05) is 6.07 Å². The van der Waals surface area contributed by atoms with Gasteiger partial charge in [-0.05, 0) is 15.5 Å². The number of hydrogen-bond acceptors (Lipinski definition) is 6. The Morgan fingerprint density at radius 2 is 2.53 bits per heavy atom. The van der Waals surface area contributed by atoms with Crippen molar-refractivity contribution in [2.75, 3.05) is 6.61 Å². The molecule has 0 saturated heterocycles. The van der Waals surface area contributed by atoms with Crippen LogP contribution in [0.3, 0.4) is 0 Å². The Labute approximate surface area is 90.6 Å². The lowest BCUT2D eigenvalue weighted by atomic mass is 10.4. The number of hydrogen-bond donors (Lipinski definition) is 1. The molecule has 1 aromatic rings. The minimum atomic E-state index is -0.886. The maximum atomic E-state index is 10.5. The smallest absolute Gasteiger partial charge is 0.323 e. The van der Waals surface area contributed by atoms with Gasteiger partial charge in [0.05, 0.1) is 18.6 Å². The number of aliphatic hydroxyl groups is 1. The second-order valence-corrected chi connectivity index (χ2v) is 2.95. The molecule has 1 aromatic heterocycles. The van der Waals surface area contributed by atoms with Crippen LogP contribution in [0.5, 0.6) is 0 Å². The fourth-order valence-electron chi connectivity index (χ4n) is 1.12. The maximum Gasteiger partial charge on any atom is 0.323 e. The molecule has 1 heterocycles. The Balaban J connectivity index is 2.59. The highest BCUT2D eigenvalue weighted by molar-refractivity contribution is 7.47. The number of nitro groups is 1. The molecule has 0 fully saturated rings. The van der Waals surface area contributed by atoms with Gasteiger partial charge < -0.3 is 20.1 Å². The van der Waals surface area contributed by atoms with Crippen LogP contribution in [0.2, 0.25) is 0 Å². The molecule has 0 radical (unpaired) electrons. The predicted octanol–water partition coefficient (Wildman–Crippen LogP) is 0.419. The predicted molar refractivity (Wildman–Crippen MR) is 52.8 cm³/mol. The van der Waals surface area contributed by atoms with Crippen LogP contribution in [0.4, 0.5) is 5.82 Å². The van der Waals surface area contributed by atoms with Crippen molar-refractivity contribution in [1.82, 2.24) is 4.57 Å². The highest BCUT2D eigenvalue weighted by atomic mass is 32.1. The zero-order valence-electron chi connectivity index (χ0n) is 7.65. The molecule has 82 valence electrons. The summed E-state index contributed by atoms with van der Waals surface area (Å²) in [4.78, 5) is 14.4. The molecule has 1 unspecified atom stereocenters. The molecule has 0 bridgehead atoms. The number of rotatable bonds is 6. The summed E-state index contributed by atoms with van der Waals surface area (Å²) in [6.45, 7) is -0.0208. The van der Waals surface area contributed by atoms with E-state index in [1.165, 1.54) is 22.9 Å². The van der Waals surface area contributed by atoms with E-state index in [9.17, 15) is 15.2 Å². The van der Waals surface area contributed by atoms with Gasteiger partial charge in [0.15, 0.2) is 0 Å². The molecule has 0 aliphatic carbocycles. The van der Waals surface area contributed by atoms with E-state index in [0.717, 1.165) is 0 Å². The summed E-state index contributed by atoms with van der Waals surface area (Å²) in [7, 11) is 0. The summed E-state index contributed by atoms with van der Waals surface area (Å²) in [5.41, 5.74) is 0. The van der Waals surface area contributed by atoms with Gasteiger partial charge in [-0.2, -0.15) is 0 Å². The fraction of sp³-hybridized carbons (Fsp3) is 0.429. The lowest BCUT2D eigenvalue weighted by Gasteiger charge is -2.07. The number of aliphatic hydroxyl groups excluding tert-OH is 1. The van der Waals surface area contributed by atoms with E-state index in [2.05, 4.69) is 21.8 Å². The lowest BCUT2D eigenvalue weighted by Crippen LogP contribution is -2.21. The quantitative estimate of drug-likeness (QED) is 0.566. The molecule has 1 rings (SSSR count). The monoisotopic (exact) mass is 231 g/mol. The van der Waals surface area contributed by atoms with Gasteiger partial charge in [-0.3, -0.25) is 0 Å². The van der Waals surface area contributed by atoms with E-state index < -0.39 is 11.0 Å². The number of nitrogens with zero attached hydrogens (tertiary/aromatic N) is 3. The minimum Gasteiger partial charge on any atom is -0.385 e. The zero-order chi connectivity index (χ0) is 11.3. The Bertz CT molecular complexity index is 354. The maximum absolute atomic E-state index is 10.5. The lowest BCUT2D eigenvalue weighted by molar-refractivity contribution is -0.392. The normalized spacial score (nSPS) is 12.1. The van der Waals surface area contributed by atoms with Crippen molar-refractivity contribution >= 4 is 18.2 Å². The SMILES string of the molecule is O=[N+]([O-])c1cccn1CC(O)CON=S. The standard InChI is InChI=1S/C7H9N3O4S/c11-6(5-14-8-15)4-9-3-1-2-7(9)10(12)13/h1-3,6,11H,4-5H2. The molecule has 8 heteroatoms. The van der Waals surface area contributed by atoms with Gasteiger partial charge in [-0.1, -0.05) is 0 Å². The third kappa shape index (κ3) is 3.26. The first-order chi connectivity index (χ1) is 7.15. The molecule has 0 aromatic carbocycles. The van der Waals surface area contributed by atoms with Crippen molar-refractivity contribution in [2.45, 2.75) is 12.6 Å². The van der Waals surface area contributed by atoms with Gasteiger partial charge in [0.1, 0.15) is 19.3 Å². The average Bonchev–Trinajstić information content (AvgIpc) is 2.62. The van der Waals surface area contributed by atoms with Crippen molar-refractivity contribution in [3.63, 3.8) is 0 Å². The summed E-state index contributed by atoms with van der Waals surface area (Å²) >= 11 is 4.16. The molecule has 0 amide bonds. The molecule has 0 spiro atoms. The largest absolute Gasteiger partial charge is 0.385 e. The molecular formula is C7H9N3O4S. The molecule has 7 nitrogen and oxygen atoms in total. The van der Waals surface area contributed by atoms with Crippen LogP contribution in [-0.4, -0.2) is 27.3 Å². The van der Waals surface area contributed by atoms with Gasteiger partial charge in [0.2, 0.25) is 0 Å². The first-order valence-corrected chi connectivity index (χ1v) is 4.44. The Morgan fingerprint density at radius 1 is 1.80 bits per heavy atom. The number of aromatic nitrogens is 1. The van der Waals surface area contributed by atoms with Crippen LogP contribution < -0.4 is 0 Å². The zero-order valence-corrected chi connectivity index (χ0v) is 8.46. The molecule has 0 saturated carbocycles. The Hall–Kier alpha value is -1.54. The van der Waals surface area contributed by atoms with E-state index in [1.807, 2.05) is 0 Å². The third-order valence-corrected chi connectivity index (χ3v) is 1.83. The van der Waals surface area contributed by atoms with E-state index >= 15 is 0 Å². The van der Waals surface area contributed by atoms with E-state index in [0.29, 0.717) is 0 Å². The van der Waals surface area contributed by atoms with Gasteiger partial charge in [0.25, 0.3) is 0 Å². The highest BCUT2D eigenvalue weighted by Crippen LogP contribution is 2.12. The fourth-order valence-corrected chi connectivity index (χ4v) is 1.18. The summed E-state index contributed by atoms with van der Waals surface area (Å²) < 4.78 is 4.26. The second-order valence-electron chi connectivity index (χ2n) is 2.80. The van der Waals surface area contributed by atoms with Crippen molar-refractivity contribution < 1.29 is 14.9 Å². The molecule has 1 N–H and O–H groups in total. The van der Waals surface area contributed by atoms with Crippen molar-refractivity contribution in [1.29, 1.82) is 0 Å². The van der Waals surface area contributed by atoms with Crippen LogP contribution in [0.1, 0.15) is 0 Å². The van der Waals surface area contributed by atoms with Gasteiger partial charge in [-0.15, -0.1) is 0 Å². The Morgan fingerprint density at radius 3 is 3.13 bits per heavy atom. The topological polar surface area (TPSA) is 89.9 Å². The molecular weight excluding hydrogens is 222 g/mol. The van der Waals surface area contributed by atoms with Gasteiger partial charge >= 0.3 is 5.82 Å². The van der Waals surface area contributed by atoms with Crippen LogP contribution in [0.25, 0.3) is 0 Å². The third-order valence-electron chi connectivity index (χ3n) is 1.72. The second kappa shape index (κ2) is 5.37. The summed E-state index contributed by atoms with van der Waals surface area (Å²) in [5, 5.41) is 19.9. The first-order valence-electron chi connectivity index (χ1n) is 4.07. The van der Waals surface area contributed by atoms with Gasteiger partial charge in [-0.25, -0.2) is 4.57 Å². The Kier molecular flexibility index (Phi) is 4.13. The van der Waals surface area contributed by atoms with E-state index in [1.54, 1.807) is 0 Å². The highest BCUT2D eigenvalue weighted by Gasteiger charge is 2.16.